The van der Waals surface area contributed by atoms with E-state index in [1.807, 2.05) is 47.2 Å². The normalized spacial score (nSPS) is 22.5. The van der Waals surface area contributed by atoms with Gasteiger partial charge in [0, 0.05) is 87.7 Å². The summed E-state index contributed by atoms with van der Waals surface area (Å²) >= 11 is 0. The van der Waals surface area contributed by atoms with Crippen molar-refractivity contribution in [2.75, 3.05) is 71.5 Å². The molecule has 1 unspecified atom stereocenters. The number of aromatic nitrogens is 1. The molecule has 4 saturated heterocycles. The van der Waals surface area contributed by atoms with Gasteiger partial charge in [-0.15, -0.1) is 0 Å². The Bertz CT molecular complexity index is 2380. The van der Waals surface area contributed by atoms with E-state index in [-0.39, 0.29) is 62.3 Å². The third-order valence-electron chi connectivity index (χ3n) is 14.7. The maximum atomic E-state index is 16.1. The standard InChI is InChI=1S/C47H57F2N7O7/c1-5-42(58)54-16-12-33-35(23-51(2)44(60)36(33)25-54)31-18-39(62-3)37(40(19-31)63-4)24-52-14-10-29(11-15-52)21-53-17-13-46(47(48,49)28-53)26-55(27-46)32-7-6-30-22-56(45(61)34(30)20-32)38-8-9-41(57)50-43(38)59/h6-7,18-20,23,29,38H,5,8-17,21-22,24-28H2,1-4H3,(H,50,57,59). The van der Waals surface area contributed by atoms with Crippen molar-refractivity contribution in [3.05, 3.63) is 74.7 Å². The number of likely N-dealkylation sites (tertiary alicyclic amines) is 2. The summed E-state index contributed by atoms with van der Waals surface area (Å²) in [5.74, 6) is -2.22. The number of amides is 4. The average Bonchev–Trinajstić information content (AvgIpc) is 3.58. The fraction of sp³-hybridized carbons (Fsp3) is 0.553. The number of anilines is 1. The van der Waals surface area contributed by atoms with Crippen molar-refractivity contribution in [3.63, 3.8) is 0 Å². The van der Waals surface area contributed by atoms with Crippen LogP contribution in [0, 0.1) is 11.3 Å². The lowest BCUT2D eigenvalue weighted by molar-refractivity contribution is -0.181. The lowest BCUT2D eigenvalue weighted by atomic mass is 9.68. The molecule has 3 aromatic rings. The van der Waals surface area contributed by atoms with Gasteiger partial charge in [-0.25, -0.2) is 8.78 Å². The van der Waals surface area contributed by atoms with E-state index in [0.29, 0.717) is 80.5 Å². The summed E-state index contributed by atoms with van der Waals surface area (Å²) in [5, 5.41) is 2.32. The van der Waals surface area contributed by atoms with Crippen LogP contribution in [-0.2, 0) is 47.5 Å². The number of piperidine rings is 3. The van der Waals surface area contributed by atoms with E-state index in [0.717, 1.165) is 59.4 Å². The number of halogens is 2. The van der Waals surface area contributed by atoms with Crippen LogP contribution in [0.25, 0.3) is 11.1 Å². The Balaban J connectivity index is 0.793. The molecule has 1 N–H and O–H groups in total. The van der Waals surface area contributed by atoms with Gasteiger partial charge in [-0.2, -0.15) is 0 Å². The zero-order valence-electron chi connectivity index (χ0n) is 36.6. The zero-order chi connectivity index (χ0) is 44.4. The Morgan fingerprint density at radius 3 is 2.25 bits per heavy atom. The van der Waals surface area contributed by atoms with Crippen molar-refractivity contribution in [1.82, 2.24) is 29.5 Å². The molecular formula is C47H57F2N7O7. The number of ether oxygens (including phenoxy) is 2. The highest BCUT2D eigenvalue weighted by Gasteiger charge is 2.62. The minimum Gasteiger partial charge on any atom is -0.496 e. The second-order valence-corrected chi connectivity index (χ2v) is 18.5. The van der Waals surface area contributed by atoms with Crippen LogP contribution in [0.5, 0.6) is 11.5 Å². The predicted octanol–water partition coefficient (Wildman–Crippen LogP) is 4.18. The summed E-state index contributed by atoms with van der Waals surface area (Å²) in [6, 6.07) is 8.81. The van der Waals surface area contributed by atoms with E-state index in [9.17, 15) is 24.0 Å². The molecule has 1 spiro atoms. The van der Waals surface area contributed by atoms with Crippen LogP contribution in [0.15, 0.2) is 41.3 Å². The molecule has 1 aromatic heterocycles. The third kappa shape index (κ3) is 7.76. The maximum Gasteiger partial charge on any atom is 0.269 e. The Morgan fingerprint density at radius 1 is 0.857 bits per heavy atom. The summed E-state index contributed by atoms with van der Waals surface area (Å²) in [4.78, 5) is 72.8. The second-order valence-electron chi connectivity index (χ2n) is 18.5. The number of imide groups is 1. The van der Waals surface area contributed by atoms with Gasteiger partial charge in [-0.1, -0.05) is 13.0 Å². The van der Waals surface area contributed by atoms with E-state index >= 15 is 8.78 Å². The number of pyridine rings is 1. The highest BCUT2D eigenvalue weighted by Crippen LogP contribution is 2.52. The van der Waals surface area contributed by atoms with E-state index in [4.69, 9.17) is 9.47 Å². The third-order valence-corrected chi connectivity index (χ3v) is 14.7. The fourth-order valence-electron chi connectivity index (χ4n) is 10.9. The van der Waals surface area contributed by atoms with Gasteiger partial charge < -0.3 is 28.7 Å². The number of fused-ring (bicyclic) bond motifs is 2. The quantitative estimate of drug-likeness (QED) is 0.296. The van der Waals surface area contributed by atoms with Crippen LogP contribution in [0.1, 0.15) is 78.1 Å². The number of hydrogen-bond acceptors (Lipinski definition) is 10. The molecule has 6 aliphatic rings. The van der Waals surface area contributed by atoms with Gasteiger partial charge >= 0.3 is 0 Å². The van der Waals surface area contributed by atoms with Crippen LogP contribution in [0.4, 0.5) is 14.5 Å². The Hall–Kier alpha value is -5.35. The first-order chi connectivity index (χ1) is 30.2. The minimum atomic E-state index is -2.86. The summed E-state index contributed by atoms with van der Waals surface area (Å²) in [5.41, 5.74) is 5.11. The molecule has 9 rings (SSSR count). The molecule has 0 bridgehead atoms. The number of alkyl halides is 2. The number of nitrogens with zero attached hydrogens (tertiary/aromatic N) is 6. The van der Waals surface area contributed by atoms with Crippen LogP contribution >= 0.6 is 0 Å². The van der Waals surface area contributed by atoms with E-state index in [1.165, 1.54) is 4.90 Å². The van der Waals surface area contributed by atoms with Crippen molar-refractivity contribution >= 4 is 29.3 Å². The highest BCUT2D eigenvalue weighted by atomic mass is 19.3. The van der Waals surface area contributed by atoms with Crippen molar-refractivity contribution in [1.29, 1.82) is 0 Å². The van der Waals surface area contributed by atoms with Gasteiger partial charge in [0.05, 0.1) is 38.3 Å². The van der Waals surface area contributed by atoms with Gasteiger partial charge in [0.15, 0.2) is 0 Å². The summed E-state index contributed by atoms with van der Waals surface area (Å²) < 4.78 is 45.7. The van der Waals surface area contributed by atoms with Crippen molar-refractivity contribution < 1.29 is 37.4 Å². The summed E-state index contributed by atoms with van der Waals surface area (Å²) in [6.45, 7) is 6.63. The first kappa shape index (κ1) is 42.9. The number of methoxy groups -OCH3 is 2. The van der Waals surface area contributed by atoms with Gasteiger partial charge in [0.1, 0.15) is 17.5 Å². The Kier molecular flexibility index (Phi) is 11.3. The molecule has 4 fully saturated rings. The molecule has 1 atom stereocenters. The summed E-state index contributed by atoms with van der Waals surface area (Å²) in [7, 11) is 5.03. The number of carbonyl (C=O) groups is 4. The van der Waals surface area contributed by atoms with Gasteiger partial charge in [0.25, 0.3) is 17.4 Å². The van der Waals surface area contributed by atoms with E-state index in [2.05, 4.69) is 10.2 Å². The molecule has 7 heterocycles. The van der Waals surface area contributed by atoms with E-state index < -0.39 is 23.3 Å². The maximum absolute atomic E-state index is 16.1. The van der Waals surface area contributed by atoms with Crippen LogP contribution in [0.3, 0.4) is 0 Å². The summed E-state index contributed by atoms with van der Waals surface area (Å²) in [6.07, 6.45) is 5.49. The molecule has 4 amide bonds. The monoisotopic (exact) mass is 869 g/mol. The number of hydrogen-bond donors (Lipinski definition) is 1. The lowest BCUT2D eigenvalue weighted by Crippen LogP contribution is -2.70. The van der Waals surface area contributed by atoms with Crippen LogP contribution < -0.4 is 25.2 Å². The van der Waals surface area contributed by atoms with Crippen molar-refractivity contribution in [2.45, 2.75) is 83.5 Å². The molecule has 0 aliphatic carbocycles. The molecule has 63 heavy (non-hydrogen) atoms. The topological polar surface area (TPSA) is 137 Å². The largest absolute Gasteiger partial charge is 0.496 e. The molecule has 6 aliphatic heterocycles. The predicted molar refractivity (Wildman–Crippen MR) is 231 cm³/mol. The second kappa shape index (κ2) is 16.6. The number of nitrogens with one attached hydrogen (secondary N) is 1. The average molecular weight is 870 g/mol. The van der Waals surface area contributed by atoms with Gasteiger partial charge in [0.2, 0.25) is 17.7 Å². The Labute approximate surface area is 366 Å². The van der Waals surface area contributed by atoms with Crippen LogP contribution in [0.2, 0.25) is 0 Å². The van der Waals surface area contributed by atoms with Gasteiger partial charge in [-0.3, -0.25) is 39.1 Å². The molecule has 0 saturated carbocycles. The molecule has 2 aromatic carbocycles. The van der Waals surface area contributed by atoms with Crippen molar-refractivity contribution in [3.8, 4) is 22.6 Å². The minimum absolute atomic E-state index is 0.0338. The van der Waals surface area contributed by atoms with Crippen molar-refractivity contribution in [2.24, 2.45) is 18.4 Å². The lowest BCUT2D eigenvalue weighted by Gasteiger charge is -2.58. The zero-order valence-corrected chi connectivity index (χ0v) is 36.6. The fourth-order valence-corrected chi connectivity index (χ4v) is 10.9. The smallest absolute Gasteiger partial charge is 0.269 e. The molecule has 0 radical (unpaired) electrons. The molecule has 336 valence electrons. The number of aryl methyl sites for hydroxylation is 1. The van der Waals surface area contributed by atoms with E-state index in [1.54, 1.807) is 36.8 Å². The number of carbonyl (C=O) groups excluding carboxylic acids is 4. The van der Waals surface area contributed by atoms with Crippen LogP contribution in [-0.4, -0.2) is 126 Å². The first-order valence-corrected chi connectivity index (χ1v) is 22.3. The SMILES string of the molecule is CCC(=O)N1CCc2c(-c3cc(OC)c(CN4CCC(CN5CCC6(CN(c7ccc8c(c7)C(=O)N(C7CCC(=O)NC7=O)C8)C6)C(F)(F)C5)CC4)c(OC)c3)cn(C)c(=O)c2C1. The molecular weight excluding hydrogens is 813 g/mol. The Morgan fingerprint density at radius 2 is 1.59 bits per heavy atom. The highest BCUT2D eigenvalue weighted by molar-refractivity contribution is 6.05. The van der Waals surface area contributed by atoms with Gasteiger partial charge in [-0.05, 0) is 98.6 Å². The first-order valence-electron chi connectivity index (χ1n) is 22.3. The molecule has 16 heteroatoms. The number of benzene rings is 2. The molecule has 14 nitrogen and oxygen atoms in total. The number of rotatable bonds is 10.